The Labute approximate surface area is 144 Å². The van der Waals surface area contributed by atoms with Gasteiger partial charge in [0.25, 0.3) is 0 Å². The van der Waals surface area contributed by atoms with Gasteiger partial charge in [-0.2, -0.15) is 9.49 Å². The second kappa shape index (κ2) is 6.72. The van der Waals surface area contributed by atoms with Crippen LogP contribution in [0.5, 0.6) is 0 Å². The third-order valence-electron chi connectivity index (χ3n) is 3.95. The fraction of sp³-hybridized carbons (Fsp3) is 0.733. The first-order valence-corrected chi connectivity index (χ1v) is 8.63. The first kappa shape index (κ1) is 17.5. The molecule has 0 N–H and O–H groups in total. The molecular weight excluding hydrogens is 400 g/mol. The van der Waals surface area contributed by atoms with Crippen molar-refractivity contribution >= 4 is 28.7 Å². The van der Waals surface area contributed by atoms with E-state index in [9.17, 15) is 9.18 Å². The summed E-state index contributed by atoms with van der Waals surface area (Å²) in [5, 5.41) is 4.12. The highest BCUT2D eigenvalue weighted by Gasteiger charge is 2.30. The quantitative estimate of drug-likeness (QED) is 0.680. The summed E-state index contributed by atoms with van der Waals surface area (Å²) in [4.78, 5) is 13.8. The van der Waals surface area contributed by atoms with Crippen molar-refractivity contribution in [1.82, 2.24) is 14.7 Å². The summed E-state index contributed by atoms with van der Waals surface area (Å²) in [5.74, 6) is 0.0339. The number of amides is 1. The maximum atomic E-state index is 14.0. The molecule has 22 heavy (non-hydrogen) atoms. The van der Waals surface area contributed by atoms with Crippen LogP contribution in [0.2, 0.25) is 0 Å². The highest BCUT2D eigenvalue weighted by molar-refractivity contribution is 14.1. The molecule has 0 bridgehead atoms. The van der Waals surface area contributed by atoms with Crippen LogP contribution in [0.4, 0.5) is 9.18 Å². The standard InChI is InChI=1S/C15H23FIN3O2/c1-10(20-13(16)12(17)9-18-20)11-5-7-19(8-6-11)14(21)22-15(2,3)4/h9-11H,5-8H2,1-4H3. The molecule has 5 nitrogen and oxygen atoms in total. The highest BCUT2D eigenvalue weighted by atomic mass is 127. The van der Waals surface area contributed by atoms with Crippen LogP contribution in [0.1, 0.15) is 46.6 Å². The van der Waals surface area contributed by atoms with Crippen molar-refractivity contribution in [3.8, 4) is 0 Å². The van der Waals surface area contributed by atoms with Gasteiger partial charge in [0.15, 0.2) is 0 Å². The van der Waals surface area contributed by atoms with Crippen LogP contribution in [0, 0.1) is 15.4 Å². The van der Waals surface area contributed by atoms with Crippen molar-refractivity contribution in [3.05, 3.63) is 15.7 Å². The van der Waals surface area contributed by atoms with Crippen molar-refractivity contribution in [1.29, 1.82) is 0 Å². The number of rotatable bonds is 2. The first-order valence-electron chi connectivity index (χ1n) is 7.55. The number of piperidine rings is 1. The smallest absolute Gasteiger partial charge is 0.410 e. The molecule has 0 saturated carbocycles. The minimum atomic E-state index is -0.476. The lowest BCUT2D eigenvalue weighted by Gasteiger charge is -2.35. The largest absolute Gasteiger partial charge is 0.444 e. The van der Waals surface area contributed by atoms with Gasteiger partial charge in [0.1, 0.15) is 5.60 Å². The molecule has 0 aliphatic carbocycles. The van der Waals surface area contributed by atoms with Gasteiger partial charge in [0.05, 0.1) is 15.8 Å². The maximum Gasteiger partial charge on any atom is 0.410 e. The minimum absolute atomic E-state index is 0.00991. The zero-order valence-corrected chi connectivity index (χ0v) is 15.6. The van der Waals surface area contributed by atoms with Crippen LogP contribution in [-0.4, -0.2) is 39.5 Å². The first-order chi connectivity index (χ1) is 10.2. The second-order valence-electron chi connectivity index (χ2n) is 6.77. The van der Waals surface area contributed by atoms with E-state index < -0.39 is 5.60 Å². The SMILES string of the molecule is CC(C1CCN(C(=O)OC(C)(C)C)CC1)n1ncc(I)c1F. The lowest BCUT2D eigenvalue weighted by molar-refractivity contribution is 0.0160. The van der Waals surface area contributed by atoms with Crippen molar-refractivity contribution in [2.45, 2.75) is 52.2 Å². The van der Waals surface area contributed by atoms with Gasteiger partial charge in [-0.05, 0) is 69.0 Å². The van der Waals surface area contributed by atoms with E-state index in [0.717, 1.165) is 12.8 Å². The maximum absolute atomic E-state index is 14.0. The van der Waals surface area contributed by atoms with Crippen molar-refractivity contribution in [2.24, 2.45) is 5.92 Å². The lowest BCUT2D eigenvalue weighted by atomic mass is 9.90. The van der Waals surface area contributed by atoms with E-state index >= 15 is 0 Å². The van der Waals surface area contributed by atoms with Crippen LogP contribution < -0.4 is 0 Å². The average molecular weight is 423 g/mol. The van der Waals surface area contributed by atoms with Crippen LogP contribution >= 0.6 is 22.6 Å². The molecule has 1 aliphatic heterocycles. The van der Waals surface area contributed by atoms with E-state index in [1.165, 1.54) is 4.68 Å². The Morgan fingerprint density at radius 1 is 1.45 bits per heavy atom. The monoisotopic (exact) mass is 423 g/mol. The number of carbonyl (C=O) groups is 1. The molecule has 1 amide bonds. The Balaban J connectivity index is 1.92. The Bertz CT molecular complexity index is 533. The number of nitrogens with zero attached hydrogens (tertiary/aromatic N) is 3. The van der Waals surface area contributed by atoms with E-state index in [1.54, 1.807) is 11.1 Å². The van der Waals surface area contributed by atoms with E-state index in [0.29, 0.717) is 22.6 Å². The predicted octanol–water partition coefficient (Wildman–Crippen LogP) is 3.83. The summed E-state index contributed by atoms with van der Waals surface area (Å²) in [7, 11) is 0. The zero-order valence-electron chi connectivity index (χ0n) is 13.5. The van der Waals surface area contributed by atoms with Crippen molar-refractivity contribution in [2.75, 3.05) is 13.1 Å². The fourth-order valence-corrected chi connectivity index (χ4v) is 3.07. The van der Waals surface area contributed by atoms with Gasteiger partial charge in [-0.3, -0.25) is 0 Å². The number of ether oxygens (including phenoxy) is 1. The van der Waals surface area contributed by atoms with Gasteiger partial charge < -0.3 is 9.64 Å². The number of hydrogen-bond donors (Lipinski definition) is 0. The number of aromatic nitrogens is 2. The Kier molecular flexibility index (Phi) is 5.34. The molecule has 1 aliphatic rings. The average Bonchev–Trinajstić information content (AvgIpc) is 2.76. The van der Waals surface area contributed by atoms with Gasteiger partial charge in [-0.25, -0.2) is 9.48 Å². The minimum Gasteiger partial charge on any atom is -0.444 e. The Hall–Kier alpha value is -0.860. The summed E-state index contributed by atoms with van der Waals surface area (Å²) >= 11 is 1.95. The molecule has 0 radical (unpaired) electrons. The van der Waals surface area contributed by atoms with E-state index in [1.807, 2.05) is 50.3 Å². The topological polar surface area (TPSA) is 47.4 Å². The fourth-order valence-electron chi connectivity index (χ4n) is 2.70. The third-order valence-corrected chi connectivity index (χ3v) is 4.68. The van der Waals surface area contributed by atoms with E-state index in [2.05, 4.69) is 5.10 Å². The van der Waals surface area contributed by atoms with Gasteiger partial charge in [0.2, 0.25) is 5.95 Å². The number of carbonyl (C=O) groups excluding carboxylic acids is 1. The molecule has 1 unspecified atom stereocenters. The predicted molar refractivity (Wildman–Crippen MR) is 90.1 cm³/mol. The summed E-state index contributed by atoms with van der Waals surface area (Å²) in [6.07, 6.45) is 2.94. The molecule has 1 saturated heterocycles. The molecule has 1 aromatic heterocycles. The summed E-state index contributed by atoms with van der Waals surface area (Å²) < 4.78 is 21.3. The Morgan fingerprint density at radius 2 is 2.05 bits per heavy atom. The molecule has 0 spiro atoms. The summed E-state index contributed by atoms with van der Waals surface area (Å²) in [5.41, 5.74) is -0.476. The molecule has 124 valence electrons. The molecule has 7 heteroatoms. The second-order valence-corrected chi connectivity index (χ2v) is 7.94. The van der Waals surface area contributed by atoms with Crippen LogP contribution in [0.25, 0.3) is 0 Å². The molecule has 1 aromatic rings. The zero-order chi connectivity index (χ0) is 16.5. The van der Waals surface area contributed by atoms with Gasteiger partial charge in [0, 0.05) is 13.1 Å². The van der Waals surface area contributed by atoms with Crippen molar-refractivity contribution in [3.63, 3.8) is 0 Å². The number of likely N-dealkylation sites (tertiary alicyclic amines) is 1. The summed E-state index contributed by atoms with van der Waals surface area (Å²) in [6.45, 7) is 8.86. The molecule has 1 fully saturated rings. The van der Waals surface area contributed by atoms with Crippen LogP contribution in [0.15, 0.2) is 6.20 Å². The molecule has 0 aromatic carbocycles. The third kappa shape index (κ3) is 4.11. The molecule has 2 rings (SSSR count). The Morgan fingerprint density at radius 3 is 2.50 bits per heavy atom. The number of halogens is 2. The van der Waals surface area contributed by atoms with E-state index in [4.69, 9.17) is 4.74 Å². The van der Waals surface area contributed by atoms with Gasteiger partial charge in [-0.15, -0.1) is 0 Å². The number of hydrogen-bond acceptors (Lipinski definition) is 3. The normalized spacial score (nSPS) is 18.4. The summed E-state index contributed by atoms with van der Waals surface area (Å²) in [6, 6.07) is -0.00991. The molecule has 2 heterocycles. The molecule has 1 atom stereocenters. The van der Waals surface area contributed by atoms with Crippen LogP contribution in [0.3, 0.4) is 0 Å². The molecular formula is C15H23FIN3O2. The van der Waals surface area contributed by atoms with E-state index in [-0.39, 0.29) is 18.1 Å². The van der Waals surface area contributed by atoms with Gasteiger partial charge >= 0.3 is 6.09 Å². The highest BCUT2D eigenvalue weighted by Crippen LogP contribution is 2.30. The van der Waals surface area contributed by atoms with Gasteiger partial charge in [-0.1, -0.05) is 0 Å². The lowest BCUT2D eigenvalue weighted by Crippen LogP contribution is -2.43. The van der Waals surface area contributed by atoms with Crippen LogP contribution in [-0.2, 0) is 4.74 Å². The van der Waals surface area contributed by atoms with Crippen molar-refractivity contribution < 1.29 is 13.9 Å².